The number of hydrogen-bond donors (Lipinski definition) is 1. The molecule has 0 radical (unpaired) electrons. The number of pyridine rings is 1. The Morgan fingerprint density at radius 2 is 2.15 bits per heavy atom. The largest absolute Gasteiger partial charge is 0.494 e. The fourth-order valence-electron chi connectivity index (χ4n) is 2.41. The summed E-state index contributed by atoms with van der Waals surface area (Å²) in [7, 11) is 3.62. The minimum atomic E-state index is 0.473. The van der Waals surface area contributed by atoms with Crippen LogP contribution in [0.4, 0.5) is 0 Å². The molecule has 0 aliphatic heterocycles. The normalized spacial score (nSPS) is 10.9. The summed E-state index contributed by atoms with van der Waals surface area (Å²) in [6.45, 7) is 0.473. The van der Waals surface area contributed by atoms with Gasteiger partial charge in [-0.15, -0.1) is 0 Å². The van der Waals surface area contributed by atoms with E-state index in [2.05, 4.69) is 4.98 Å². The smallest absolute Gasteiger partial charge is 0.148 e. The van der Waals surface area contributed by atoms with Gasteiger partial charge in [0.05, 0.1) is 29.9 Å². The molecule has 3 rings (SSSR count). The molecule has 1 aromatic carbocycles. The second-order valence-corrected chi connectivity index (χ2v) is 4.56. The number of imidazole rings is 1. The highest BCUT2D eigenvalue weighted by Crippen LogP contribution is 2.31. The Hall–Kier alpha value is -2.40. The van der Waals surface area contributed by atoms with Crippen molar-refractivity contribution in [2.24, 2.45) is 12.8 Å². The van der Waals surface area contributed by atoms with E-state index in [-0.39, 0.29) is 0 Å². The molecule has 0 amide bonds. The first-order valence-electron chi connectivity index (χ1n) is 6.39. The summed E-state index contributed by atoms with van der Waals surface area (Å²) < 4.78 is 7.41. The third kappa shape index (κ3) is 1.83. The third-order valence-corrected chi connectivity index (χ3v) is 3.46. The highest BCUT2D eigenvalue weighted by molar-refractivity contribution is 5.84. The second-order valence-electron chi connectivity index (χ2n) is 4.56. The number of nitrogens with two attached hydrogens (primary N) is 1. The maximum atomic E-state index is 5.79. The van der Waals surface area contributed by atoms with Gasteiger partial charge in [-0.1, -0.05) is 12.1 Å². The molecule has 0 spiro atoms. The molecular formula is C15H16N4O. The van der Waals surface area contributed by atoms with Gasteiger partial charge in [0.2, 0.25) is 0 Å². The van der Waals surface area contributed by atoms with Crippen LogP contribution in [0.3, 0.4) is 0 Å². The van der Waals surface area contributed by atoms with Gasteiger partial charge in [-0.25, -0.2) is 4.98 Å². The summed E-state index contributed by atoms with van der Waals surface area (Å²) in [6.07, 6.45) is 3.43. The number of fused-ring (bicyclic) bond motifs is 1. The van der Waals surface area contributed by atoms with Gasteiger partial charge in [-0.05, 0) is 17.7 Å². The van der Waals surface area contributed by atoms with Gasteiger partial charge in [0, 0.05) is 19.8 Å². The van der Waals surface area contributed by atoms with E-state index in [0.717, 1.165) is 28.0 Å². The van der Waals surface area contributed by atoms with Gasteiger partial charge < -0.3 is 15.0 Å². The maximum absolute atomic E-state index is 5.79. The van der Waals surface area contributed by atoms with Crippen LogP contribution >= 0.6 is 0 Å². The lowest BCUT2D eigenvalue weighted by molar-refractivity contribution is 0.414. The minimum absolute atomic E-state index is 0.473. The molecule has 0 unspecified atom stereocenters. The molecule has 0 saturated heterocycles. The van der Waals surface area contributed by atoms with Crippen LogP contribution in [0.15, 0.2) is 36.7 Å². The quantitative estimate of drug-likeness (QED) is 0.790. The molecule has 20 heavy (non-hydrogen) atoms. The van der Waals surface area contributed by atoms with Crippen molar-refractivity contribution in [3.05, 3.63) is 42.2 Å². The summed E-state index contributed by atoms with van der Waals surface area (Å²) in [6, 6.07) is 7.95. The molecule has 0 aliphatic rings. The Labute approximate surface area is 117 Å². The van der Waals surface area contributed by atoms with E-state index in [1.807, 2.05) is 35.9 Å². The number of hydrogen-bond acceptors (Lipinski definition) is 4. The molecule has 3 aromatic rings. The number of methoxy groups -OCH3 is 1. The minimum Gasteiger partial charge on any atom is -0.494 e. The number of rotatable bonds is 3. The molecule has 0 fully saturated rings. The first kappa shape index (κ1) is 12.6. The molecule has 0 aliphatic carbocycles. The van der Waals surface area contributed by atoms with Crippen molar-refractivity contribution in [3.8, 4) is 17.1 Å². The number of ether oxygens (including phenoxy) is 1. The molecule has 2 aromatic heterocycles. The zero-order valence-corrected chi connectivity index (χ0v) is 11.5. The zero-order valence-electron chi connectivity index (χ0n) is 11.5. The van der Waals surface area contributed by atoms with Crippen LogP contribution in [0, 0.1) is 0 Å². The lowest BCUT2D eigenvalue weighted by atomic mass is 10.2. The van der Waals surface area contributed by atoms with E-state index in [0.29, 0.717) is 12.3 Å². The molecular weight excluding hydrogens is 252 g/mol. The summed E-state index contributed by atoms with van der Waals surface area (Å²) >= 11 is 0. The van der Waals surface area contributed by atoms with Crippen molar-refractivity contribution in [3.63, 3.8) is 0 Å². The van der Waals surface area contributed by atoms with Gasteiger partial charge in [0.1, 0.15) is 11.6 Å². The van der Waals surface area contributed by atoms with Gasteiger partial charge >= 0.3 is 0 Å². The monoisotopic (exact) mass is 268 g/mol. The third-order valence-electron chi connectivity index (χ3n) is 3.46. The SMILES string of the molecule is COc1cnccc1-c1nc2c(CN)cccc2n1C. The predicted octanol–water partition coefficient (Wildman–Crippen LogP) is 2.10. The topological polar surface area (TPSA) is 66.0 Å². The lowest BCUT2D eigenvalue weighted by Crippen LogP contribution is -1.97. The average molecular weight is 268 g/mol. The van der Waals surface area contributed by atoms with E-state index in [4.69, 9.17) is 15.5 Å². The molecule has 2 heterocycles. The van der Waals surface area contributed by atoms with Gasteiger partial charge in [-0.3, -0.25) is 4.98 Å². The van der Waals surface area contributed by atoms with Crippen molar-refractivity contribution in [1.82, 2.24) is 14.5 Å². The lowest BCUT2D eigenvalue weighted by Gasteiger charge is -2.07. The molecule has 5 heteroatoms. The van der Waals surface area contributed by atoms with Crippen molar-refractivity contribution < 1.29 is 4.74 Å². The van der Waals surface area contributed by atoms with Crippen LogP contribution in [-0.2, 0) is 13.6 Å². The second kappa shape index (κ2) is 4.94. The van der Waals surface area contributed by atoms with Gasteiger partial charge in [-0.2, -0.15) is 0 Å². The summed E-state index contributed by atoms with van der Waals surface area (Å²) in [5.41, 5.74) is 9.74. The molecule has 0 saturated carbocycles. The van der Waals surface area contributed by atoms with Gasteiger partial charge in [0.25, 0.3) is 0 Å². The first-order chi connectivity index (χ1) is 9.76. The predicted molar refractivity (Wildman–Crippen MR) is 78.4 cm³/mol. The summed E-state index contributed by atoms with van der Waals surface area (Å²) in [5.74, 6) is 1.56. The van der Waals surface area contributed by atoms with Crippen molar-refractivity contribution >= 4 is 11.0 Å². The highest BCUT2D eigenvalue weighted by Gasteiger charge is 2.15. The van der Waals surface area contributed by atoms with Gasteiger partial charge in [0.15, 0.2) is 0 Å². The Bertz CT molecular complexity index is 764. The van der Waals surface area contributed by atoms with E-state index < -0.39 is 0 Å². The Morgan fingerprint density at radius 3 is 2.90 bits per heavy atom. The molecule has 2 N–H and O–H groups in total. The van der Waals surface area contributed by atoms with E-state index in [1.165, 1.54) is 0 Å². The van der Waals surface area contributed by atoms with Crippen LogP contribution in [0.25, 0.3) is 22.4 Å². The van der Waals surface area contributed by atoms with Crippen LogP contribution in [0.2, 0.25) is 0 Å². The number of aromatic nitrogens is 3. The van der Waals surface area contributed by atoms with E-state index >= 15 is 0 Å². The Kier molecular flexibility index (Phi) is 3.12. The number of aryl methyl sites for hydroxylation is 1. The van der Waals surface area contributed by atoms with Crippen molar-refractivity contribution in [2.45, 2.75) is 6.54 Å². The number of para-hydroxylation sites is 1. The molecule has 5 nitrogen and oxygen atoms in total. The van der Waals surface area contributed by atoms with Crippen LogP contribution in [-0.4, -0.2) is 21.6 Å². The molecule has 0 bridgehead atoms. The molecule has 102 valence electrons. The fraction of sp³-hybridized carbons (Fsp3) is 0.200. The van der Waals surface area contributed by atoms with E-state index in [1.54, 1.807) is 19.5 Å². The summed E-state index contributed by atoms with van der Waals surface area (Å²) in [4.78, 5) is 8.81. The average Bonchev–Trinajstić information content (AvgIpc) is 2.84. The summed E-state index contributed by atoms with van der Waals surface area (Å²) in [5, 5.41) is 0. The highest BCUT2D eigenvalue weighted by atomic mass is 16.5. The van der Waals surface area contributed by atoms with Crippen LogP contribution in [0.1, 0.15) is 5.56 Å². The number of nitrogens with zero attached hydrogens (tertiary/aromatic N) is 3. The molecule has 0 atom stereocenters. The maximum Gasteiger partial charge on any atom is 0.148 e. The fourth-order valence-corrected chi connectivity index (χ4v) is 2.41. The standard InChI is InChI=1S/C15H16N4O/c1-19-12-5-3-4-10(8-16)14(12)18-15(19)11-6-7-17-9-13(11)20-2/h3-7,9H,8,16H2,1-2H3. The first-order valence-corrected chi connectivity index (χ1v) is 6.39. The Balaban J connectivity index is 2.29. The zero-order chi connectivity index (χ0) is 14.1. The van der Waals surface area contributed by atoms with Crippen molar-refractivity contribution in [1.29, 1.82) is 0 Å². The number of benzene rings is 1. The Morgan fingerprint density at radius 1 is 1.30 bits per heavy atom. The van der Waals surface area contributed by atoms with E-state index in [9.17, 15) is 0 Å². The van der Waals surface area contributed by atoms with Crippen LogP contribution in [0.5, 0.6) is 5.75 Å². The van der Waals surface area contributed by atoms with Crippen molar-refractivity contribution in [2.75, 3.05) is 7.11 Å². The van der Waals surface area contributed by atoms with Crippen LogP contribution < -0.4 is 10.5 Å².